The summed E-state index contributed by atoms with van der Waals surface area (Å²) in [6.07, 6.45) is 3.12. The molecule has 0 aromatic heterocycles. The lowest BCUT2D eigenvalue weighted by Gasteiger charge is -2.28. The number of nitrogens with one attached hydrogen (secondary N) is 1. The van der Waals surface area contributed by atoms with Gasteiger partial charge in [-0.25, -0.2) is 0 Å². The van der Waals surface area contributed by atoms with Gasteiger partial charge in [-0.3, -0.25) is 0 Å². The number of unbranched alkanes of at least 4 members (excludes halogenated alkanes) is 1. The van der Waals surface area contributed by atoms with E-state index in [1.165, 1.54) is 12.2 Å². The minimum absolute atomic E-state index is 0.195. The summed E-state index contributed by atoms with van der Waals surface area (Å²) in [7, 11) is 0. The Hall–Kier alpha value is 0.230. The Bertz CT molecular complexity index is 138. The SMILES string of the molecule is NCC1(NCCCCO)CCSC1. The number of aliphatic hydroxyl groups is 1. The predicted molar refractivity (Wildman–Crippen MR) is 58.0 cm³/mol. The molecule has 0 saturated carbocycles. The van der Waals surface area contributed by atoms with Gasteiger partial charge in [-0.1, -0.05) is 0 Å². The van der Waals surface area contributed by atoms with Crippen molar-refractivity contribution in [3.63, 3.8) is 0 Å². The summed E-state index contributed by atoms with van der Waals surface area (Å²) in [4.78, 5) is 0. The van der Waals surface area contributed by atoms with Gasteiger partial charge in [0.25, 0.3) is 0 Å². The zero-order valence-corrected chi connectivity index (χ0v) is 8.91. The van der Waals surface area contributed by atoms with Crippen molar-refractivity contribution in [2.75, 3.05) is 31.2 Å². The van der Waals surface area contributed by atoms with E-state index in [9.17, 15) is 0 Å². The van der Waals surface area contributed by atoms with Gasteiger partial charge in [0.1, 0.15) is 0 Å². The Morgan fingerprint density at radius 3 is 2.85 bits per heavy atom. The van der Waals surface area contributed by atoms with E-state index in [1.807, 2.05) is 11.8 Å². The van der Waals surface area contributed by atoms with Gasteiger partial charge in [0, 0.05) is 24.4 Å². The number of thioether (sulfide) groups is 1. The monoisotopic (exact) mass is 204 g/mol. The molecule has 1 unspecified atom stereocenters. The molecule has 4 N–H and O–H groups in total. The highest BCUT2D eigenvalue weighted by atomic mass is 32.2. The Labute approximate surface area is 84.5 Å². The first-order valence-electron chi connectivity index (χ1n) is 4.97. The smallest absolute Gasteiger partial charge is 0.0431 e. The van der Waals surface area contributed by atoms with E-state index in [0.29, 0.717) is 6.61 Å². The molecular weight excluding hydrogens is 184 g/mol. The van der Waals surface area contributed by atoms with Crippen molar-refractivity contribution in [1.29, 1.82) is 0 Å². The first-order chi connectivity index (χ1) is 6.33. The Morgan fingerprint density at radius 1 is 1.46 bits per heavy atom. The molecule has 0 bridgehead atoms. The van der Waals surface area contributed by atoms with Crippen LogP contribution in [-0.2, 0) is 0 Å². The van der Waals surface area contributed by atoms with Gasteiger partial charge in [0.05, 0.1) is 0 Å². The van der Waals surface area contributed by atoms with E-state index >= 15 is 0 Å². The lowest BCUT2D eigenvalue weighted by atomic mass is 9.99. The van der Waals surface area contributed by atoms with Crippen LogP contribution in [0.1, 0.15) is 19.3 Å². The van der Waals surface area contributed by atoms with Crippen molar-refractivity contribution in [3.05, 3.63) is 0 Å². The van der Waals surface area contributed by atoms with Crippen LogP contribution < -0.4 is 11.1 Å². The van der Waals surface area contributed by atoms with Crippen LogP contribution in [-0.4, -0.2) is 41.8 Å². The normalized spacial score (nSPS) is 28.2. The standard InChI is InChI=1S/C9H20N2OS/c10-7-9(3-6-13-8-9)11-4-1-2-5-12/h11-12H,1-8,10H2. The summed E-state index contributed by atoms with van der Waals surface area (Å²) < 4.78 is 0. The van der Waals surface area contributed by atoms with Crippen molar-refractivity contribution >= 4 is 11.8 Å². The molecule has 0 spiro atoms. The highest BCUT2D eigenvalue weighted by Gasteiger charge is 2.31. The Morgan fingerprint density at radius 2 is 2.31 bits per heavy atom. The van der Waals surface area contributed by atoms with E-state index < -0.39 is 0 Å². The average molecular weight is 204 g/mol. The first-order valence-corrected chi connectivity index (χ1v) is 6.12. The van der Waals surface area contributed by atoms with Gasteiger partial charge < -0.3 is 16.2 Å². The second-order valence-electron chi connectivity index (χ2n) is 3.64. The summed E-state index contributed by atoms with van der Waals surface area (Å²) in [5.41, 5.74) is 5.95. The predicted octanol–water partition coefficient (Wildman–Crippen LogP) is 0.183. The van der Waals surface area contributed by atoms with Crippen LogP contribution in [0, 0.1) is 0 Å². The Kier molecular flexibility index (Phi) is 5.09. The lowest BCUT2D eigenvalue weighted by molar-refractivity contribution is 0.278. The fourth-order valence-electron chi connectivity index (χ4n) is 1.57. The van der Waals surface area contributed by atoms with E-state index in [0.717, 1.165) is 31.7 Å². The van der Waals surface area contributed by atoms with Gasteiger partial charge in [-0.2, -0.15) is 11.8 Å². The molecule has 4 heteroatoms. The molecule has 0 aromatic rings. The van der Waals surface area contributed by atoms with Crippen molar-refractivity contribution in [2.24, 2.45) is 5.73 Å². The van der Waals surface area contributed by atoms with Crippen LogP contribution >= 0.6 is 11.8 Å². The van der Waals surface area contributed by atoms with E-state index in [-0.39, 0.29) is 5.54 Å². The molecule has 1 rings (SSSR count). The first kappa shape index (κ1) is 11.3. The molecule has 1 saturated heterocycles. The largest absolute Gasteiger partial charge is 0.396 e. The molecule has 1 aliphatic rings. The van der Waals surface area contributed by atoms with E-state index in [4.69, 9.17) is 10.8 Å². The zero-order valence-electron chi connectivity index (χ0n) is 8.09. The average Bonchev–Trinajstić information content (AvgIpc) is 2.62. The highest BCUT2D eigenvalue weighted by Crippen LogP contribution is 2.26. The lowest BCUT2D eigenvalue weighted by Crippen LogP contribution is -2.51. The fourth-order valence-corrected chi connectivity index (χ4v) is 3.00. The van der Waals surface area contributed by atoms with Gasteiger partial charge in [0.2, 0.25) is 0 Å². The minimum atomic E-state index is 0.195. The number of hydrogen-bond acceptors (Lipinski definition) is 4. The second kappa shape index (κ2) is 5.86. The molecular formula is C9H20N2OS. The molecule has 1 fully saturated rings. The van der Waals surface area contributed by atoms with Gasteiger partial charge in [-0.05, 0) is 31.6 Å². The van der Waals surface area contributed by atoms with Crippen LogP contribution in [0.2, 0.25) is 0 Å². The van der Waals surface area contributed by atoms with Gasteiger partial charge in [0.15, 0.2) is 0 Å². The minimum Gasteiger partial charge on any atom is -0.396 e. The van der Waals surface area contributed by atoms with Gasteiger partial charge in [-0.15, -0.1) is 0 Å². The molecule has 0 aliphatic carbocycles. The fraction of sp³-hybridized carbons (Fsp3) is 1.00. The van der Waals surface area contributed by atoms with Crippen LogP contribution in [0.3, 0.4) is 0 Å². The van der Waals surface area contributed by atoms with Crippen molar-refractivity contribution in [1.82, 2.24) is 5.32 Å². The maximum Gasteiger partial charge on any atom is 0.0431 e. The van der Waals surface area contributed by atoms with Crippen LogP contribution in [0.25, 0.3) is 0 Å². The van der Waals surface area contributed by atoms with Crippen molar-refractivity contribution < 1.29 is 5.11 Å². The van der Waals surface area contributed by atoms with Crippen LogP contribution in [0.5, 0.6) is 0 Å². The molecule has 1 aliphatic heterocycles. The molecule has 0 aromatic carbocycles. The van der Waals surface area contributed by atoms with E-state index in [1.54, 1.807) is 0 Å². The molecule has 78 valence electrons. The third-order valence-corrected chi connectivity index (χ3v) is 3.83. The quantitative estimate of drug-likeness (QED) is 0.540. The van der Waals surface area contributed by atoms with Gasteiger partial charge >= 0.3 is 0 Å². The van der Waals surface area contributed by atoms with Crippen molar-refractivity contribution in [3.8, 4) is 0 Å². The van der Waals surface area contributed by atoms with E-state index in [2.05, 4.69) is 5.32 Å². The third-order valence-electron chi connectivity index (χ3n) is 2.58. The number of hydrogen-bond donors (Lipinski definition) is 3. The molecule has 3 nitrogen and oxygen atoms in total. The topological polar surface area (TPSA) is 58.3 Å². The number of rotatable bonds is 6. The molecule has 0 amide bonds. The summed E-state index contributed by atoms with van der Waals surface area (Å²) in [6.45, 7) is 2.02. The Balaban J connectivity index is 2.16. The summed E-state index contributed by atoms with van der Waals surface area (Å²) in [5.74, 6) is 2.37. The van der Waals surface area contributed by atoms with Crippen molar-refractivity contribution in [2.45, 2.75) is 24.8 Å². The highest BCUT2D eigenvalue weighted by molar-refractivity contribution is 7.99. The zero-order chi connectivity index (χ0) is 9.57. The maximum atomic E-state index is 8.62. The summed E-state index contributed by atoms with van der Waals surface area (Å²) >= 11 is 1.98. The number of nitrogens with two attached hydrogens (primary N) is 1. The van der Waals surface area contributed by atoms with Crippen LogP contribution in [0.4, 0.5) is 0 Å². The molecule has 0 radical (unpaired) electrons. The molecule has 1 heterocycles. The molecule has 13 heavy (non-hydrogen) atoms. The third kappa shape index (κ3) is 3.46. The molecule has 1 atom stereocenters. The number of aliphatic hydroxyl groups excluding tert-OH is 1. The summed E-state index contributed by atoms with van der Waals surface area (Å²) in [6, 6.07) is 0. The maximum absolute atomic E-state index is 8.62. The van der Waals surface area contributed by atoms with Crippen LogP contribution in [0.15, 0.2) is 0 Å². The second-order valence-corrected chi connectivity index (χ2v) is 4.75. The summed E-state index contributed by atoms with van der Waals surface area (Å²) in [5, 5.41) is 12.1.